The maximum absolute atomic E-state index is 13.6. The molecule has 30 heavy (non-hydrogen) atoms. The molecule has 3 aliphatic rings. The molecule has 3 nitrogen and oxygen atoms in total. The second kappa shape index (κ2) is 8.23. The summed E-state index contributed by atoms with van der Waals surface area (Å²) in [6, 6.07) is 14.1. The van der Waals surface area contributed by atoms with E-state index < -0.39 is 0 Å². The molecule has 2 aromatic rings. The zero-order valence-electron chi connectivity index (χ0n) is 16.7. The fourth-order valence-electron chi connectivity index (χ4n) is 4.21. The van der Waals surface area contributed by atoms with Crippen molar-refractivity contribution in [3.63, 3.8) is 0 Å². The fraction of sp³-hybridized carbons (Fsp3) is 0.280. The summed E-state index contributed by atoms with van der Waals surface area (Å²) in [5.74, 6) is -0.00616. The molecule has 5 heteroatoms. The summed E-state index contributed by atoms with van der Waals surface area (Å²) in [5, 5.41) is 0. The monoisotopic (exact) mass is 418 g/mol. The van der Waals surface area contributed by atoms with Crippen molar-refractivity contribution in [1.29, 1.82) is 0 Å². The van der Waals surface area contributed by atoms with Gasteiger partial charge in [-0.3, -0.25) is 4.79 Å². The first-order chi connectivity index (χ1) is 14.7. The van der Waals surface area contributed by atoms with Gasteiger partial charge in [-0.05, 0) is 61.6 Å². The number of carbonyl (C=O) groups is 1. The summed E-state index contributed by atoms with van der Waals surface area (Å²) in [6.07, 6.45) is 7.75. The van der Waals surface area contributed by atoms with Crippen molar-refractivity contribution in [2.75, 3.05) is 13.1 Å². The molecule has 0 bridgehead atoms. The lowest BCUT2D eigenvalue weighted by atomic mass is 9.94. The second-order valence-electron chi connectivity index (χ2n) is 7.90. The molecule has 0 atom stereocenters. The molecule has 5 rings (SSSR count). The van der Waals surface area contributed by atoms with E-state index in [0.717, 1.165) is 58.3 Å². The maximum atomic E-state index is 13.6. The lowest BCUT2D eigenvalue weighted by molar-refractivity contribution is 0.0724. The van der Waals surface area contributed by atoms with Gasteiger partial charge in [-0.15, -0.1) is 0 Å². The number of rotatable bonds is 2. The predicted molar refractivity (Wildman–Crippen MR) is 119 cm³/mol. The number of halogens is 1. The third-order valence-electron chi connectivity index (χ3n) is 5.85. The highest BCUT2D eigenvalue weighted by Gasteiger charge is 2.23. The van der Waals surface area contributed by atoms with E-state index in [2.05, 4.69) is 12.1 Å². The number of hydrogen-bond acceptors (Lipinski definition) is 3. The molecular formula is C25H23FN2OS. The van der Waals surface area contributed by atoms with Gasteiger partial charge in [0.1, 0.15) is 5.83 Å². The molecule has 0 radical (unpaired) electrons. The Kier molecular flexibility index (Phi) is 5.30. The van der Waals surface area contributed by atoms with Gasteiger partial charge in [0.2, 0.25) is 0 Å². The normalized spacial score (nSPS) is 18.4. The quantitative estimate of drug-likeness (QED) is 0.560. The molecule has 0 N–H and O–H groups in total. The highest BCUT2D eigenvalue weighted by molar-refractivity contribution is 7.99. The van der Waals surface area contributed by atoms with Gasteiger partial charge >= 0.3 is 0 Å². The van der Waals surface area contributed by atoms with E-state index in [1.165, 1.54) is 6.42 Å². The standard InChI is InChI=1S/C25H23FN2OS/c26-19-11-8-17(9-12-19)24-20-6-2-3-7-22(20)30-23-13-10-18(16-21(23)27-24)25(29)28-14-4-1-5-15-28/h2-3,6-8,10-11,13,16H,1,4-5,9,12,14-15H2. The van der Waals surface area contributed by atoms with Crippen molar-refractivity contribution < 1.29 is 9.18 Å². The molecule has 1 saturated heterocycles. The average molecular weight is 419 g/mol. The predicted octanol–water partition coefficient (Wildman–Crippen LogP) is 6.47. The molecule has 1 aliphatic carbocycles. The van der Waals surface area contributed by atoms with Gasteiger partial charge < -0.3 is 4.90 Å². The Bertz CT molecular complexity index is 1100. The van der Waals surface area contributed by atoms with E-state index in [-0.39, 0.29) is 11.7 Å². The van der Waals surface area contributed by atoms with Gasteiger partial charge in [-0.1, -0.05) is 36.0 Å². The summed E-state index contributed by atoms with van der Waals surface area (Å²) < 4.78 is 13.6. The van der Waals surface area contributed by atoms with Crippen LogP contribution in [-0.2, 0) is 0 Å². The minimum Gasteiger partial charge on any atom is -0.339 e. The first kappa shape index (κ1) is 19.3. The number of amides is 1. The van der Waals surface area contributed by atoms with Crippen molar-refractivity contribution in [1.82, 2.24) is 4.90 Å². The first-order valence-electron chi connectivity index (χ1n) is 10.5. The molecule has 2 heterocycles. The number of allylic oxidation sites excluding steroid dienone is 4. The van der Waals surface area contributed by atoms with E-state index in [0.29, 0.717) is 18.4 Å². The highest BCUT2D eigenvalue weighted by Crippen LogP contribution is 2.42. The zero-order valence-corrected chi connectivity index (χ0v) is 17.6. The number of likely N-dealkylation sites (tertiary alicyclic amines) is 1. The number of hydrogen-bond donors (Lipinski definition) is 0. The molecule has 0 unspecified atom stereocenters. The van der Waals surface area contributed by atoms with E-state index in [4.69, 9.17) is 4.99 Å². The molecule has 2 aliphatic heterocycles. The van der Waals surface area contributed by atoms with Gasteiger partial charge in [-0.25, -0.2) is 9.38 Å². The van der Waals surface area contributed by atoms with Crippen LogP contribution in [0, 0.1) is 0 Å². The maximum Gasteiger partial charge on any atom is 0.253 e. The summed E-state index contributed by atoms with van der Waals surface area (Å²) in [5.41, 5.74) is 4.47. The number of nitrogens with zero attached hydrogens (tertiary/aromatic N) is 2. The SMILES string of the molecule is O=C(c1ccc2c(c1)N=C(C1=CC=C(F)CC1)c1ccccc1S2)N1CCCCC1. The Morgan fingerprint density at radius 3 is 2.60 bits per heavy atom. The van der Waals surface area contributed by atoms with Gasteiger partial charge in [0.25, 0.3) is 5.91 Å². The van der Waals surface area contributed by atoms with Crippen molar-refractivity contribution >= 4 is 29.1 Å². The summed E-state index contributed by atoms with van der Waals surface area (Å²) in [4.78, 5) is 22.2. The van der Waals surface area contributed by atoms with Crippen LogP contribution >= 0.6 is 11.8 Å². The Morgan fingerprint density at radius 2 is 1.80 bits per heavy atom. The largest absolute Gasteiger partial charge is 0.339 e. The highest BCUT2D eigenvalue weighted by atomic mass is 32.2. The number of carbonyl (C=O) groups excluding carboxylic acids is 1. The molecule has 1 fully saturated rings. The summed E-state index contributed by atoms with van der Waals surface area (Å²) in [6.45, 7) is 1.66. The zero-order chi connectivity index (χ0) is 20.5. The molecule has 152 valence electrons. The molecule has 0 saturated carbocycles. The fourth-order valence-corrected chi connectivity index (χ4v) is 5.21. The summed E-state index contributed by atoms with van der Waals surface area (Å²) in [7, 11) is 0. The van der Waals surface area contributed by atoms with Crippen molar-refractivity contribution in [2.24, 2.45) is 4.99 Å². The van der Waals surface area contributed by atoms with Crippen LogP contribution in [0.5, 0.6) is 0 Å². The molecule has 1 amide bonds. The van der Waals surface area contributed by atoms with Crippen molar-refractivity contribution in [3.8, 4) is 0 Å². The third-order valence-corrected chi connectivity index (χ3v) is 6.99. The van der Waals surface area contributed by atoms with E-state index in [1.807, 2.05) is 41.3 Å². The Balaban J connectivity index is 1.58. The van der Waals surface area contributed by atoms with Crippen LogP contribution in [0.25, 0.3) is 0 Å². The van der Waals surface area contributed by atoms with Crippen LogP contribution in [-0.4, -0.2) is 29.6 Å². The topological polar surface area (TPSA) is 32.7 Å². The average Bonchev–Trinajstić information content (AvgIpc) is 2.96. The third kappa shape index (κ3) is 3.74. The van der Waals surface area contributed by atoms with E-state index in [9.17, 15) is 9.18 Å². The van der Waals surface area contributed by atoms with Gasteiger partial charge in [-0.2, -0.15) is 0 Å². The van der Waals surface area contributed by atoms with Crippen LogP contribution in [0.1, 0.15) is 48.0 Å². The molecule has 2 aromatic carbocycles. The molecular weight excluding hydrogens is 395 g/mol. The van der Waals surface area contributed by atoms with Crippen molar-refractivity contribution in [2.45, 2.75) is 41.9 Å². The van der Waals surface area contributed by atoms with E-state index >= 15 is 0 Å². The van der Waals surface area contributed by atoms with Crippen LogP contribution in [0.15, 0.2) is 80.8 Å². The lowest BCUT2D eigenvalue weighted by Crippen LogP contribution is -2.35. The van der Waals surface area contributed by atoms with Gasteiger partial charge in [0, 0.05) is 40.4 Å². The Hall–Kier alpha value is -2.66. The summed E-state index contributed by atoms with van der Waals surface area (Å²) >= 11 is 1.67. The van der Waals surface area contributed by atoms with Crippen molar-refractivity contribution in [3.05, 3.63) is 77.1 Å². The van der Waals surface area contributed by atoms with Crippen LogP contribution < -0.4 is 0 Å². The van der Waals surface area contributed by atoms with Gasteiger partial charge in [0.15, 0.2) is 0 Å². The minimum atomic E-state index is -0.0922. The Morgan fingerprint density at radius 1 is 0.967 bits per heavy atom. The lowest BCUT2D eigenvalue weighted by Gasteiger charge is -2.26. The number of aliphatic imine (C=N–C) groups is 1. The van der Waals surface area contributed by atoms with Gasteiger partial charge in [0.05, 0.1) is 11.4 Å². The van der Waals surface area contributed by atoms with Crippen LogP contribution in [0.3, 0.4) is 0 Å². The first-order valence-corrected chi connectivity index (χ1v) is 11.4. The van der Waals surface area contributed by atoms with Crippen LogP contribution in [0.2, 0.25) is 0 Å². The molecule has 0 spiro atoms. The smallest absolute Gasteiger partial charge is 0.253 e. The number of fused-ring (bicyclic) bond motifs is 2. The number of benzene rings is 2. The van der Waals surface area contributed by atoms with E-state index in [1.54, 1.807) is 17.8 Å². The minimum absolute atomic E-state index is 0.0860. The second-order valence-corrected chi connectivity index (χ2v) is 8.98. The molecule has 0 aromatic heterocycles. The Labute approximate surface area is 180 Å². The van der Waals surface area contributed by atoms with Crippen LogP contribution in [0.4, 0.5) is 10.1 Å². The number of piperidine rings is 1.